The van der Waals surface area contributed by atoms with Gasteiger partial charge in [0.25, 0.3) is 0 Å². The van der Waals surface area contributed by atoms with Crippen molar-refractivity contribution < 1.29 is 9.47 Å². The van der Waals surface area contributed by atoms with Gasteiger partial charge >= 0.3 is 0 Å². The van der Waals surface area contributed by atoms with E-state index in [1.165, 1.54) is 5.56 Å². The molecule has 1 atom stereocenters. The third-order valence-corrected chi connectivity index (χ3v) is 5.23. The van der Waals surface area contributed by atoms with Crippen LogP contribution in [0.5, 0.6) is 11.5 Å². The molecule has 164 valence electrons. The van der Waals surface area contributed by atoms with Crippen molar-refractivity contribution in [2.75, 3.05) is 13.2 Å². The van der Waals surface area contributed by atoms with Crippen molar-refractivity contribution in [3.63, 3.8) is 0 Å². The summed E-state index contributed by atoms with van der Waals surface area (Å²) in [5.74, 6) is 4.62. The number of aryl methyl sites for hydroxylation is 1. The molecular formula is C21H31IN6O2. The highest BCUT2D eigenvalue weighted by Crippen LogP contribution is 2.35. The summed E-state index contributed by atoms with van der Waals surface area (Å²) in [5.41, 5.74) is 2.24. The summed E-state index contributed by atoms with van der Waals surface area (Å²) >= 11 is 0. The highest BCUT2D eigenvalue weighted by atomic mass is 127. The first-order chi connectivity index (χ1) is 14.2. The zero-order valence-electron chi connectivity index (χ0n) is 17.9. The molecule has 0 saturated heterocycles. The van der Waals surface area contributed by atoms with E-state index >= 15 is 0 Å². The molecule has 2 aromatic rings. The Hall–Kier alpha value is -2.04. The molecule has 0 amide bonds. The van der Waals surface area contributed by atoms with E-state index in [4.69, 9.17) is 14.5 Å². The van der Waals surface area contributed by atoms with Crippen molar-refractivity contribution in [2.24, 2.45) is 4.99 Å². The molecule has 2 N–H and O–H groups in total. The third kappa shape index (κ3) is 4.98. The van der Waals surface area contributed by atoms with Gasteiger partial charge in [0.15, 0.2) is 11.8 Å². The minimum absolute atomic E-state index is 0. The number of halogens is 1. The fraction of sp³-hybridized carbons (Fsp3) is 0.571. The van der Waals surface area contributed by atoms with Crippen molar-refractivity contribution in [2.45, 2.75) is 65.8 Å². The van der Waals surface area contributed by atoms with Gasteiger partial charge in [-0.3, -0.25) is 0 Å². The first-order valence-corrected chi connectivity index (χ1v) is 10.6. The second-order valence-corrected chi connectivity index (χ2v) is 7.47. The molecule has 9 heteroatoms. The maximum atomic E-state index is 5.92. The van der Waals surface area contributed by atoms with E-state index in [2.05, 4.69) is 51.4 Å². The van der Waals surface area contributed by atoms with Crippen LogP contribution in [0, 0.1) is 0 Å². The molecule has 0 fully saturated rings. The number of nitrogens with one attached hydrogen (secondary N) is 2. The molecule has 0 bridgehead atoms. The number of nitrogens with zero attached hydrogens (tertiary/aromatic N) is 4. The molecule has 0 aliphatic carbocycles. The fourth-order valence-corrected chi connectivity index (χ4v) is 3.91. The Balaban J connectivity index is 0.00000256. The predicted molar refractivity (Wildman–Crippen MR) is 127 cm³/mol. The lowest BCUT2D eigenvalue weighted by molar-refractivity contribution is 0.254. The SMILES string of the molecule is CCNC(=NCc1cc2c(cc1OCC)CC(C)O2)NCc1nnc2n1CCC2.I. The lowest BCUT2D eigenvalue weighted by Gasteiger charge is -2.14. The molecule has 2 aliphatic heterocycles. The zero-order valence-corrected chi connectivity index (χ0v) is 20.2. The average molecular weight is 526 g/mol. The van der Waals surface area contributed by atoms with Gasteiger partial charge in [0.1, 0.15) is 23.4 Å². The molecule has 0 radical (unpaired) electrons. The molecule has 8 nitrogen and oxygen atoms in total. The number of guanidine groups is 1. The second-order valence-electron chi connectivity index (χ2n) is 7.47. The molecule has 0 saturated carbocycles. The van der Waals surface area contributed by atoms with Crippen LogP contribution in [0.15, 0.2) is 17.1 Å². The molecule has 30 heavy (non-hydrogen) atoms. The quantitative estimate of drug-likeness (QED) is 0.328. The molecule has 1 aromatic carbocycles. The van der Waals surface area contributed by atoms with E-state index in [0.717, 1.165) is 67.0 Å². The zero-order chi connectivity index (χ0) is 20.2. The molecule has 1 aromatic heterocycles. The maximum absolute atomic E-state index is 5.92. The number of ether oxygens (including phenoxy) is 2. The fourth-order valence-electron chi connectivity index (χ4n) is 3.91. The van der Waals surface area contributed by atoms with Crippen molar-refractivity contribution in [3.05, 3.63) is 34.9 Å². The minimum Gasteiger partial charge on any atom is -0.494 e. The predicted octanol–water partition coefficient (Wildman–Crippen LogP) is 2.82. The Morgan fingerprint density at radius 3 is 2.97 bits per heavy atom. The van der Waals surface area contributed by atoms with Gasteiger partial charge < -0.3 is 24.7 Å². The summed E-state index contributed by atoms with van der Waals surface area (Å²) in [7, 11) is 0. The monoisotopic (exact) mass is 526 g/mol. The summed E-state index contributed by atoms with van der Waals surface area (Å²) < 4.78 is 14.0. The normalized spacial score (nSPS) is 17.0. The van der Waals surface area contributed by atoms with Gasteiger partial charge in [0.2, 0.25) is 0 Å². The van der Waals surface area contributed by atoms with Crippen LogP contribution in [0.3, 0.4) is 0 Å². The van der Waals surface area contributed by atoms with Crippen molar-refractivity contribution >= 4 is 29.9 Å². The van der Waals surface area contributed by atoms with E-state index in [9.17, 15) is 0 Å². The van der Waals surface area contributed by atoms with E-state index < -0.39 is 0 Å². The van der Waals surface area contributed by atoms with E-state index in [1.807, 2.05) is 6.92 Å². The van der Waals surface area contributed by atoms with Crippen LogP contribution in [-0.4, -0.2) is 40.0 Å². The van der Waals surface area contributed by atoms with Crippen LogP contribution in [0.1, 0.15) is 50.0 Å². The van der Waals surface area contributed by atoms with Crippen LogP contribution >= 0.6 is 24.0 Å². The van der Waals surface area contributed by atoms with Crippen LogP contribution in [-0.2, 0) is 32.5 Å². The topological polar surface area (TPSA) is 85.6 Å². The van der Waals surface area contributed by atoms with Crippen LogP contribution in [0.25, 0.3) is 0 Å². The highest BCUT2D eigenvalue weighted by Gasteiger charge is 2.22. The Morgan fingerprint density at radius 1 is 1.30 bits per heavy atom. The van der Waals surface area contributed by atoms with Gasteiger partial charge in [-0.05, 0) is 39.3 Å². The standard InChI is InChI=1S/C21H30N6O2.HI/c1-4-22-21(24-13-20-26-25-19-7-6-8-27(19)20)23-12-16-11-18-15(9-14(3)29-18)10-17(16)28-5-2;/h10-11,14H,4-9,12-13H2,1-3H3,(H2,22,23,24);1H. The van der Waals surface area contributed by atoms with E-state index in [0.29, 0.717) is 19.7 Å². The third-order valence-electron chi connectivity index (χ3n) is 5.23. The van der Waals surface area contributed by atoms with Crippen molar-refractivity contribution in [1.82, 2.24) is 25.4 Å². The van der Waals surface area contributed by atoms with E-state index in [1.54, 1.807) is 0 Å². The molecule has 4 rings (SSSR count). The summed E-state index contributed by atoms with van der Waals surface area (Å²) in [6.45, 7) is 9.67. The van der Waals surface area contributed by atoms with Gasteiger partial charge in [-0.1, -0.05) is 0 Å². The van der Waals surface area contributed by atoms with Gasteiger partial charge in [0, 0.05) is 37.1 Å². The first-order valence-electron chi connectivity index (χ1n) is 10.6. The summed E-state index contributed by atoms with van der Waals surface area (Å²) in [6.07, 6.45) is 3.29. The minimum atomic E-state index is 0. The largest absolute Gasteiger partial charge is 0.494 e. The number of rotatable bonds is 7. The summed E-state index contributed by atoms with van der Waals surface area (Å²) in [5, 5.41) is 15.3. The maximum Gasteiger partial charge on any atom is 0.191 e. The second kappa shape index (κ2) is 10.3. The van der Waals surface area contributed by atoms with Crippen molar-refractivity contribution in [3.8, 4) is 11.5 Å². The van der Waals surface area contributed by atoms with E-state index in [-0.39, 0.29) is 30.1 Å². The van der Waals surface area contributed by atoms with Crippen LogP contribution < -0.4 is 20.1 Å². The molecule has 0 spiro atoms. The summed E-state index contributed by atoms with van der Waals surface area (Å²) in [6, 6.07) is 4.18. The number of fused-ring (bicyclic) bond motifs is 2. The lowest BCUT2D eigenvalue weighted by Crippen LogP contribution is -2.37. The molecule has 2 aliphatic rings. The molecule has 3 heterocycles. The van der Waals surface area contributed by atoms with Crippen LogP contribution in [0.4, 0.5) is 0 Å². The number of hydrogen-bond donors (Lipinski definition) is 2. The summed E-state index contributed by atoms with van der Waals surface area (Å²) in [4.78, 5) is 4.77. The van der Waals surface area contributed by atoms with Gasteiger partial charge in [-0.25, -0.2) is 4.99 Å². The Morgan fingerprint density at radius 2 is 2.17 bits per heavy atom. The Kier molecular flexibility index (Phi) is 7.79. The molecule has 1 unspecified atom stereocenters. The van der Waals surface area contributed by atoms with Crippen molar-refractivity contribution in [1.29, 1.82) is 0 Å². The number of aromatic nitrogens is 3. The lowest BCUT2D eigenvalue weighted by atomic mass is 10.1. The van der Waals surface area contributed by atoms with Crippen LogP contribution in [0.2, 0.25) is 0 Å². The number of aliphatic imine (C=N–C) groups is 1. The highest BCUT2D eigenvalue weighted by molar-refractivity contribution is 14.0. The Bertz CT molecular complexity index is 898. The number of benzene rings is 1. The van der Waals surface area contributed by atoms with Gasteiger partial charge in [-0.2, -0.15) is 0 Å². The molecular weight excluding hydrogens is 495 g/mol. The van der Waals surface area contributed by atoms with Gasteiger partial charge in [0.05, 0.1) is 19.7 Å². The smallest absolute Gasteiger partial charge is 0.191 e. The Labute approximate surface area is 194 Å². The van der Waals surface area contributed by atoms with Gasteiger partial charge in [-0.15, -0.1) is 34.2 Å². The first kappa shape index (κ1) is 22.6. The number of hydrogen-bond acceptors (Lipinski definition) is 5. The average Bonchev–Trinajstić information content (AvgIpc) is 3.39.